The first kappa shape index (κ1) is 14.1. The number of hydrogen-bond donors (Lipinski definition) is 1. The highest BCUT2D eigenvalue weighted by Gasteiger charge is 2.10. The van der Waals surface area contributed by atoms with Gasteiger partial charge < -0.3 is 10.2 Å². The first-order valence-electron chi connectivity index (χ1n) is 7.08. The molecule has 112 valence electrons. The van der Waals surface area contributed by atoms with Gasteiger partial charge in [0, 0.05) is 44.4 Å². The molecule has 6 heteroatoms. The van der Waals surface area contributed by atoms with Gasteiger partial charge in [-0.3, -0.25) is 9.20 Å². The van der Waals surface area contributed by atoms with Crippen molar-refractivity contribution in [2.24, 2.45) is 0 Å². The Morgan fingerprint density at radius 1 is 1.27 bits per heavy atom. The van der Waals surface area contributed by atoms with Gasteiger partial charge in [0.15, 0.2) is 0 Å². The minimum absolute atomic E-state index is 0.188. The third kappa shape index (κ3) is 3.06. The molecule has 0 unspecified atom stereocenters. The Morgan fingerprint density at radius 2 is 2.09 bits per heavy atom. The Labute approximate surface area is 128 Å². The van der Waals surface area contributed by atoms with E-state index in [0.29, 0.717) is 18.0 Å². The van der Waals surface area contributed by atoms with Gasteiger partial charge in [0.1, 0.15) is 5.69 Å². The van der Waals surface area contributed by atoms with Crippen LogP contribution in [0.4, 0.5) is 5.69 Å². The summed E-state index contributed by atoms with van der Waals surface area (Å²) < 4.78 is 1.73. The van der Waals surface area contributed by atoms with Crippen LogP contribution in [0.1, 0.15) is 10.5 Å². The summed E-state index contributed by atoms with van der Waals surface area (Å²) in [6.07, 6.45) is 5.15. The fourth-order valence-corrected chi connectivity index (χ4v) is 2.18. The van der Waals surface area contributed by atoms with Crippen molar-refractivity contribution in [3.8, 4) is 0 Å². The molecule has 0 aliphatic rings. The van der Waals surface area contributed by atoms with Crippen LogP contribution >= 0.6 is 0 Å². The van der Waals surface area contributed by atoms with Crippen LogP contribution in [0.25, 0.3) is 5.78 Å². The fraction of sp³-hybridized carbons (Fsp3) is 0.188. The SMILES string of the molecule is CN(CCNC(=O)c1cn2cccnc2n1)c1ccccc1. The molecule has 1 N–H and O–H groups in total. The highest BCUT2D eigenvalue weighted by Crippen LogP contribution is 2.09. The van der Waals surface area contributed by atoms with E-state index in [4.69, 9.17) is 0 Å². The summed E-state index contributed by atoms with van der Waals surface area (Å²) >= 11 is 0. The van der Waals surface area contributed by atoms with Crippen LogP contribution in [-0.2, 0) is 0 Å². The molecule has 0 aliphatic heterocycles. The van der Waals surface area contributed by atoms with Gasteiger partial charge in [-0.1, -0.05) is 18.2 Å². The number of benzene rings is 1. The van der Waals surface area contributed by atoms with Crippen LogP contribution in [0.5, 0.6) is 0 Å². The van der Waals surface area contributed by atoms with Crippen molar-refractivity contribution < 1.29 is 4.79 Å². The van der Waals surface area contributed by atoms with Gasteiger partial charge >= 0.3 is 0 Å². The van der Waals surface area contributed by atoms with Gasteiger partial charge in [-0.2, -0.15) is 0 Å². The van der Waals surface area contributed by atoms with Gasteiger partial charge in [0.05, 0.1) is 0 Å². The summed E-state index contributed by atoms with van der Waals surface area (Å²) in [5.41, 5.74) is 1.50. The molecular formula is C16H17N5O. The Morgan fingerprint density at radius 3 is 2.86 bits per heavy atom. The Kier molecular flexibility index (Phi) is 4.00. The van der Waals surface area contributed by atoms with Crippen LogP contribution < -0.4 is 10.2 Å². The zero-order valence-corrected chi connectivity index (χ0v) is 12.3. The topological polar surface area (TPSA) is 62.5 Å². The second-order valence-corrected chi connectivity index (χ2v) is 4.97. The fourth-order valence-electron chi connectivity index (χ4n) is 2.18. The molecule has 0 aliphatic carbocycles. The van der Waals surface area contributed by atoms with Crippen LogP contribution in [-0.4, -0.2) is 40.4 Å². The summed E-state index contributed by atoms with van der Waals surface area (Å²) in [7, 11) is 2.00. The minimum atomic E-state index is -0.188. The lowest BCUT2D eigenvalue weighted by Gasteiger charge is -2.19. The molecule has 3 aromatic rings. The number of likely N-dealkylation sites (N-methyl/N-ethyl adjacent to an activating group) is 1. The number of amides is 1. The van der Waals surface area contributed by atoms with Crippen molar-refractivity contribution in [3.63, 3.8) is 0 Å². The average Bonchev–Trinajstić information content (AvgIpc) is 2.99. The number of imidazole rings is 1. The number of rotatable bonds is 5. The van der Waals surface area contributed by atoms with Crippen molar-refractivity contribution in [2.45, 2.75) is 0 Å². The second-order valence-electron chi connectivity index (χ2n) is 4.97. The van der Waals surface area contributed by atoms with Crippen molar-refractivity contribution >= 4 is 17.4 Å². The molecule has 6 nitrogen and oxygen atoms in total. The van der Waals surface area contributed by atoms with E-state index in [1.807, 2.05) is 43.6 Å². The summed E-state index contributed by atoms with van der Waals surface area (Å²) in [4.78, 5) is 22.5. The summed E-state index contributed by atoms with van der Waals surface area (Å²) in [6, 6.07) is 11.8. The third-order valence-corrected chi connectivity index (χ3v) is 3.40. The molecule has 3 rings (SSSR count). The second kappa shape index (κ2) is 6.26. The zero-order chi connectivity index (χ0) is 15.4. The van der Waals surface area contributed by atoms with Gasteiger partial charge in [0.25, 0.3) is 5.91 Å². The third-order valence-electron chi connectivity index (χ3n) is 3.40. The molecule has 0 spiro atoms. The quantitative estimate of drug-likeness (QED) is 0.776. The first-order chi connectivity index (χ1) is 10.7. The number of carbonyl (C=O) groups is 1. The van der Waals surface area contributed by atoms with Gasteiger partial charge in [-0.25, -0.2) is 9.97 Å². The zero-order valence-electron chi connectivity index (χ0n) is 12.3. The van der Waals surface area contributed by atoms with E-state index in [9.17, 15) is 4.79 Å². The maximum atomic E-state index is 12.1. The predicted octanol–water partition coefficient (Wildman–Crippen LogP) is 1.60. The van der Waals surface area contributed by atoms with E-state index in [2.05, 4.69) is 20.2 Å². The van der Waals surface area contributed by atoms with Gasteiger partial charge in [-0.15, -0.1) is 0 Å². The van der Waals surface area contributed by atoms with Crippen LogP contribution in [0.3, 0.4) is 0 Å². The predicted molar refractivity (Wildman–Crippen MR) is 85.0 cm³/mol. The molecule has 0 bridgehead atoms. The van der Waals surface area contributed by atoms with Crippen LogP contribution in [0, 0.1) is 0 Å². The molecule has 0 fully saturated rings. The number of para-hydroxylation sites is 1. The number of carbonyl (C=O) groups excluding carboxylic acids is 1. The summed E-state index contributed by atoms with van der Waals surface area (Å²) in [5.74, 6) is 0.334. The van der Waals surface area contributed by atoms with E-state index in [0.717, 1.165) is 12.2 Å². The molecule has 0 atom stereocenters. The van der Waals surface area contributed by atoms with E-state index >= 15 is 0 Å². The minimum Gasteiger partial charge on any atom is -0.373 e. The van der Waals surface area contributed by atoms with E-state index < -0.39 is 0 Å². The molecule has 1 aromatic carbocycles. The molecule has 1 amide bonds. The Hall–Kier alpha value is -2.89. The van der Waals surface area contributed by atoms with Crippen molar-refractivity contribution in [3.05, 3.63) is 60.7 Å². The molecule has 2 heterocycles. The van der Waals surface area contributed by atoms with Crippen LogP contribution in [0.15, 0.2) is 55.0 Å². The lowest BCUT2D eigenvalue weighted by atomic mass is 10.3. The average molecular weight is 295 g/mol. The molecule has 2 aromatic heterocycles. The molecule has 0 saturated carbocycles. The number of fused-ring (bicyclic) bond motifs is 1. The lowest BCUT2D eigenvalue weighted by Crippen LogP contribution is -2.33. The summed E-state index contributed by atoms with van der Waals surface area (Å²) in [5, 5.41) is 2.88. The van der Waals surface area contributed by atoms with E-state index in [1.165, 1.54) is 0 Å². The standard InChI is InChI=1S/C16H17N5O/c1-20(13-6-3-2-4-7-13)11-9-17-15(22)14-12-21-10-5-8-18-16(21)19-14/h2-8,10,12H,9,11H2,1H3,(H,17,22). The van der Waals surface area contributed by atoms with E-state index in [1.54, 1.807) is 22.9 Å². The molecule has 0 saturated heterocycles. The molecule has 0 radical (unpaired) electrons. The maximum Gasteiger partial charge on any atom is 0.271 e. The Bertz CT molecular complexity index is 735. The highest BCUT2D eigenvalue weighted by molar-refractivity contribution is 5.92. The number of anilines is 1. The first-order valence-corrected chi connectivity index (χ1v) is 7.08. The molecular weight excluding hydrogens is 278 g/mol. The highest BCUT2D eigenvalue weighted by atomic mass is 16.1. The Balaban J connectivity index is 1.56. The number of hydrogen-bond acceptors (Lipinski definition) is 4. The van der Waals surface area contributed by atoms with Crippen molar-refractivity contribution in [2.75, 3.05) is 25.0 Å². The smallest absolute Gasteiger partial charge is 0.271 e. The normalized spacial score (nSPS) is 10.6. The number of nitrogens with zero attached hydrogens (tertiary/aromatic N) is 4. The molecule has 22 heavy (non-hydrogen) atoms. The monoisotopic (exact) mass is 295 g/mol. The van der Waals surface area contributed by atoms with Gasteiger partial charge in [-0.05, 0) is 18.2 Å². The maximum absolute atomic E-state index is 12.1. The summed E-state index contributed by atoms with van der Waals surface area (Å²) in [6.45, 7) is 1.27. The number of nitrogens with one attached hydrogen (secondary N) is 1. The van der Waals surface area contributed by atoms with Gasteiger partial charge in [0.2, 0.25) is 5.78 Å². The van der Waals surface area contributed by atoms with Crippen molar-refractivity contribution in [1.29, 1.82) is 0 Å². The van der Waals surface area contributed by atoms with E-state index in [-0.39, 0.29) is 5.91 Å². The largest absolute Gasteiger partial charge is 0.373 e. The lowest BCUT2D eigenvalue weighted by molar-refractivity contribution is 0.0950. The van der Waals surface area contributed by atoms with Crippen molar-refractivity contribution in [1.82, 2.24) is 19.7 Å². The van der Waals surface area contributed by atoms with Crippen LogP contribution in [0.2, 0.25) is 0 Å². The number of aromatic nitrogens is 3.